The van der Waals surface area contributed by atoms with Gasteiger partial charge in [-0.3, -0.25) is 0 Å². The maximum absolute atomic E-state index is 13.7. The standard InChI is InChI=1S/C13H17FN4O2S/c1-9-11(14)6-10(8-15)7-12(9)21(19,20)18-3-2-13-16-4-5-17-13/h4-7,18H,2-3,8,15H2,1H3,(H,16,17). The number of aromatic amines is 1. The van der Waals surface area contributed by atoms with Crippen LogP contribution < -0.4 is 10.5 Å². The molecule has 0 atom stereocenters. The fourth-order valence-corrected chi connectivity index (χ4v) is 3.25. The third kappa shape index (κ3) is 3.66. The summed E-state index contributed by atoms with van der Waals surface area (Å²) in [6.45, 7) is 1.67. The Morgan fingerprint density at radius 3 is 2.81 bits per heavy atom. The van der Waals surface area contributed by atoms with Crippen LogP contribution in [0.4, 0.5) is 4.39 Å². The molecule has 8 heteroatoms. The predicted octanol–water partition coefficient (Wildman–Crippen LogP) is 0.837. The minimum Gasteiger partial charge on any atom is -0.349 e. The molecule has 114 valence electrons. The molecule has 0 spiro atoms. The number of hydrogen-bond acceptors (Lipinski definition) is 4. The molecule has 0 aliphatic carbocycles. The van der Waals surface area contributed by atoms with E-state index in [4.69, 9.17) is 5.73 Å². The first kappa shape index (κ1) is 15.6. The number of nitrogens with zero attached hydrogens (tertiary/aromatic N) is 1. The van der Waals surface area contributed by atoms with Crippen LogP contribution in [0.1, 0.15) is 17.0 Å². The molecule has 0 amide bonds. The van der Waals surface area contributed by atoms with Crippen LogP contribution in [0.15, 0.2) is 29.4 Å². The summed E-state index contributed by atoms with van der Waals surface area (Å²) in [6, 6.07) is 2.64. The quantitative estimate of drug-likeness (QED) is 0.735. The van der Waals surface area contributed by atoms with Gasteiger partial charge in [0, 0.05) is 37.5 Å². The number of sulfonamides is 1. The van der Waals surface area contributed by atoms with E-state index >= 15 is 0 Å². The van der Waals surface area contributed by atoms with Crippen LogP contribution in [0, 0.1) is 12.7 Å². The summed E-state index contributed by atoms with van der Waals surface area (Å²) in [5, 5.41) is 0. The molecule has 0 bridgehead atoms. The zero-order chi connectivity index (χ0) is 15.5. The van der Waals surface area contributed by atoms with Crippen molar-refractivity contribution in [2.24, 2.45) is 5.73 Å². The van der Waals surface area contributed by atoms with E-state index in [2.05, 4.69) is 14.7 Å². The molecule has 0 radical (unpaired) electrons. The van der Waals surface area contributed by atoms with Crippen molar-refractivity contribution < 1.29 is 12.8 Å². The van der Waals surface area contributed by atoms with Gasteiger partial charge in [-0.2, -0.15) is 0 Å². The second-order valence-corrected chi connectivity index (χ2v) is 6.32. The number of hydrogen-bond donors (Lipinski definition) is 3. The van der Waals surface area contributed by atoms with E-state index in [1.807, 2.05) is 0 Å². The van der Waals surface area contributed by atoms with E-state index in [1.54, 1.807) is 12.4 Å². The lowest BCUT2D eigenvalue weighted by Gasteiger charge is -2.11. The summed E-state index contributed by atoms with van der Waals surface area (Å²) in [7, 11) is -3.79. The second-order valence-electron chi connectivity index (χ2n) is 4.59. The molecule has 0 saturated heterocycles. The second kappa shape index (κ2) is 6.33. The van der Waals surface area contributed by atoms with Crippen molar-refractivity contribution in [2.75, 3.05) is 6.54 Å². The highest BCUT2D eigenvalue weighted by atomic mass is 32.2. The topological polar surface area (TPSA) is 101 Å². The van der Waals surface area contributed by atoms with Crippen LogP contribution in [-0.4, -0.2) is 24.9 Å². The molecule has 0 aliphatic heterocycles. The van der Waals surface area contributed by atoms with Gasteiger partial charge in [0.05, 0.1) is 4.90 Å². The number of nitrogens with one attached hydrogen (secondary N) is 2. The van der Waals surface area contributed by atoms with E-state index in [1.165, 1.54) is 19.1 Å². The van der Waals surface area contributed by atoms with Gasteiger partial charge in [-0.05, 0) is 24.6 Å². The number of halogens is 1. The number of nitrogens with two attached hydrogens (primary N) is 1. The van der Waals surface area contributed by atoms with Crippen LogP contribution >= 0.6 is 0 Å². The van der Waals surface area contributed by atoms with Crippen LogP contribution in [0.2, 0.25) is 0 Å². The summed E-state index contributed by atoms with van der Waals surface area (Å²) in [5.74, 6) is 0.0978. The number of H-pyrrole nitrogens is 1. The molecule has 21 heavy (non-hydrogen) atoms. The van der Waals surface area contributed by atoms with E-state index in [-0.39, 0.29) is 23.5 Å². The highest BCUT2D eigenvalue weighted by Gasteiger charge is 2.19. The first-order valence-electron chi connectivity index (χ1n) is 6.41. The molecule has 0 unspecified atom stereocenters. The highest BCUT2D eigenvalue weighted by molar-refractivity contribution is 7.89. The van der Waals surface area contributed by atoms with Gasteiger partial charge in [0.25, 0.3) is 0 Å². The lowest BCUT2D eigenvalue weighted by molar-refractivity contribution is 0.573. The summed E-state index contributed by atoms with van der Waals surface area (Å²) in [5.41, 5.74) is 5.97. The summed E-state index contributed by atoms with van der Waals surface area (Å²) in [4.78, 5) is 6.80. The molecule has 0 aliphatic rings. The van der Waals surface area contributed by atoms with Crippen LogP contribution in [0.5, 0.6) is 0 Å². The predicted molar refractivity (Wildman–Crippen MR) is 76.5 cm³/mol. The lowest BCUT2D eigenvalue weighted by atomic mass is 10.1. The van der Waals surface area contributed by atoms with Gasteiger partial charge in [0.15, 0.2) is 0 Å². The van der Waals surface area contributed by atoms with Crippen LogP contribution in [0.25, 0.3) is 0 Å². The van der Waals surface area contributed by atoms with Crippen molar-refractivity contribution in [3.63, 3.8) is 0 Å². The van der Waals surface area contributed by atoms with Crippen molar-refractivity contribution in [3.05, 3.63) is 47.3 Å². The summed E-state index contributed by atoms with van der Waals surface area (Å²) < 4.78 is 40.7. The lowest BCUT2D eigenvalue weighted by Crippen LogP contribution is -2.27. The van der Waals surface area contributed by atoms with Gasteiger partial charge in [-0.1, -0.05) is 0 Å². The van der Waals surface area contributed by atoms with Crippen molar-refractivity contribution in [1.82, 2.24) is 14.7 Å². The Balaban J connectivity index is 2.17. The minimum atomic E-state index is -3.79. The van der Waals surface area contributed by atoms with Crippen LogP contribution in [0.3, 0.4) is 0 Å². The normalized spacial score (nSPS) is 11.8. The average molecular weight is 312 g/mol. The number of benzene rings is 1. The molecule has 1 heterocycles. The van der Waals surface area contributed by atoms with E-state index < -0.39 is 15.8 Å². The Labute approximate surface area is 122 Å². The smallest absolute Gasteiger partial charge is 0.240 e. The molecule has 2 rings (SSSR count). The molecular weight excluding hydrogens is 295 g/mol. The molecule has 0 fully saturated rings. The average Bonchev–Trinajstić information content (AvgIpc) is 2.94. The largest absolute Gasteiger partial charge is 0.349 e. The third-order valence-corrected chi connectivity index (χ3v) is 4.68. The van der Waals surface area contributed by atoms with E-state index in [0.717, 1.165) is 0 Å². The summed E-state index contributed by atoms with van der Waals surface area (Å²) >= 11 is 0. The van der Waals surface area contributed by atoms with Gasteiger partial charge in [-0.25, -0.2) is 22.5 Å². The maximum Gasteiger partial charge on any atom is 0.240 e. The van der Waals surface area contributed by atoms with Crippen molar-refractivity contribution in [1.29, 1.82) is 0 Å². The Kier molecular flexibility index (Phi) is 4.71. The number of aromatic nitrogens is 2. The molecular formula is C13H17FN4O2S. The van der Waals surface area contributed by atoms with E-state index in [0.29, 0.717) is 17.8 Å². The van der Waals surface area contributed by atoms with E-state index in [9.17, 15) is 12.8 Å². The Hall–Kier alpha value is -1.77. The van der Waals surface area contributed by atoms with Crippen LogP contribution in [-0.2, 0) is 23.0 Å². The first-order chi connectivity index (χ1) is 9.94. The summed E-state index contributed by atoms with van der Waals surface area (Å²) in [6.07, 6.45) is 3.67. The first-order valence-corrected chi connectivity index (χ1v) is 7.89. The van der Waals surface area contributed by atoms with Gasteiger partial charge in [0.1, 0.15) is 11.6 Å². The minimum absolute atomic E-state index is 0.0755. The Morgan fingerprint density at radius 2 is 2.19 bits per heavy atom. The zero-order valence-corrected chi connectivity index (χ0v) is 12.4. The Morgan fingerprint density at radius 1 is 1.43 bits per heavy atom. The molecule has 0 saturated carbocycles. The van der Waals surface area contributed by atoms with Crippen molar-refractivity contribution >= 4 is 10.0 Å². The van der Waals surface area contributed by atoms with Gasteiger partial charge >= 0.3 is 0 Å². The fourth-order valence-electron chi connectivity index (χ4n) is 1.92. The molecule has 6 nitrogen and oxygen atoms in total. The molecule has 4 N–H and O–H groups in total. The molecule has 1 aromatic heterocycles. The van der Waals surface area contributed by atoms with Gasteiger partial charge in [-0.15, -0.1) is 0 Å². The monoisotopic (exact) mass is 312 g/mol. The fraction of sp³-hybridized carbons (Fsp3) is 0.308. The number of rotatable bonds is 6. The Bertz CT molecular complexity index is 714. The number of imidazole rings is 1. The van der Waals surface area contributed by atoms with Crippen molar-refractivity contribution in [2.45, 2.75) is 24.8 Å². The maximum atomic E-state index is 13.7. The zero-order valence-electron chi connectivity index (χ0n) is 11.6. The molecule has 2 aromatic rings. The third-order valence-electron chi connectivity index (χ3n) is 3.09. The van der Waals surface area contributed by atoms with Crippen molar-refractivity contribution in [3.8, 4) is 0 Å². The molecule has 1 aromatic carbocycles. The van der Waals surface area contributed by atoms with Gasteiger partial charge in [0.2, 0.25) is 10.0 Å². The SMILES string of the molecule is Cc1c(F)cc(CN)cc1S(=O)(=O)NCCc1ncc[nH]1. The highest BCUT2D eigenvalue weighted by Crippen LogP contribution is 2.20. The van der Waals surface area contributed by atoms with Gasteiger partial charge < -0.3 is 10.7 Å².